The number of amides is 1. The number of carboxylic acids is 1. The molecule has 0 radical (unpaired) electrons. The summed E-state index contributed by atoms with van der Waals surface area (Å²) < 4.78 is 11.5. The SMILES string of the molecule is O=C(N[C@@H](CC1CCCCC1)C(=O)O)C(CCCc1ccccc1)CP(=O)(O)O. The molecule has 0 bridgehead atoms. The van der Waals surface area contributed by atoms with Crippen molar-refractivity contribution in [3.05, 3.63) is 35.9 Å². The van der Waals surface area contributed by atoms with Crippen LogP contribution in [0.25, 0.3) is 0 Å². The molecule has 0 heterocycles. The van der Waals surface area contributed by atoms with Crippen molar-refractivity contribution in [1.29, 1.82) is 0 Å². The van der Waals surface area contributed by atoms with Gasteiger partial charge < -0.3 is 20.2 Å². The van der Waals surface area contributed by atoms with Crippen molar-refractivity contribution >= 4 is 19.5 Å². The minimum Gasteiger partial charge on any atom is -0.480 e. The molecule has 4 N–H and O–H groups in total. The van der Waals surface area contributed by atoms with E-state index in [1.54, 1.807) is 0 Å². The molecule has 1 aliphatic carbocycles. The molecule has 0 aromatic heterocycles. The highest BCUT2D eigenvalue weighted by atomic mass is 31.2. The summed E-state index contributed by atoms with van der Waals surface area (Å²) in [6, 6.07) is 8.64. The van der Waals surface area contributed by atoms with E-state index in [4.69, 9.17) is 0 Å². The van der Waals surface area contributed by atoms with E-state index in [0.717, 1.165) is 37.7 Å². The average Bonchev–Trinajstić information content (AvgIpc) is 2.67. The van der Waals surface area contributed by atoms with E-state index in [2.05, 4.69) is 5.32 Å². The van der Waals surface area contributed by atoms with Gasteiger partial charge in [-0.25, -0.2) is 4.79 Å². The summed E-state index contributed by atoms with van der Waals surface area (Å²) in [4.78, 5) is 43.1. The number of hydrogen-bond donors (Lipinski definition) is 4. The van der Waals surface area contributed by atoms with Gasteiger partial charge in [-0.1, -0.05) is 62.4 Å². The molecule has 29 heavy (non-hydrogen) atoms. The molecule has 1 aromatic rings. The van der Waals surface area contributed by atoms with Crippen LogP contribution in [0.2, 0.25) is 0 Å². The Bertz CT molecular complexity index is 698. The van der Waals surface area contributed by atoms with Gasteiger partial charge in [0.1, 0.15) is 6.04 Å². The van der Waals surface area contributed by atoms with Gasteiger partial charge in [0.25, 0.3) is 0 Å². The van der Waals surface area contributed by atoms with Crippen molar-refractivity contribution in [2.75, 3.05) is 6.16 Å². The largest absolute Gasteiger partial charge is 0.480 e. The first-order valence-electron chi connectivity index (χ1n) is 10.4. The summed E-state index contributed by atoms with van der Waals surface area (Å²) in [5.41, 5.74) is 1.09. The van der Waals surface area contributed by atoms with Gasteiger partial charge in [-0.15, -0.1) is 0 Å². The van der Waals surface area contributed by atoms with E-state index in [9.17, 15) is 29.0 Å². The van der Waals surface area contributed by atoms with Crippen LogP contribution in [-0.4, -0.2) is 39.0 Å². The van der Waals surface area contributed by atoms with Crippen LogP contribution in [0.5, 0.6) is 0 Å². The minimum absolute atomic E-state index is 0.267. The van der Waals surface area contributed by atoms with Crippen molar-refractivity contribution in [2.24, 2.45) is 11.8 Å². The van der Waals surface area contributed by atoms with Crippen LogP contribution >= 0.6 is 7.60 Å². The molecule has 162 valence electrons. The van der Waals surface area contributed by atoms with Gasteiger partial charge in [-0.2, -0.15) is 0 Å². The second-order valence-electron chi connectivity index (χ2n) is 8.06. The van der Waals surface area contributed by atoms with Crippen LogP contribution in [0.15, 0.2) is 30.3 Å². The Morgan fingerprint density at radius 3 is 2.34 bits per heavy atom. The molecular formula is C21H32NO6P. The lowest BCUT2D eigenvalue weighted by atomic mass is 9.84. The Labute approximate surface area is 172 Å². The summed E-state index contributed by atoms with van der Waals surface area (Å²) >= 11 is 0. The second kappa shape index (κ2) is 11.5. The zero-order chi connectivity index (χ0) is 21.3. The van der Waals surface area contributed by atoms with Crippen molar-refractivity contribution in [2.45, 2.75) is 63.8 Å². The number of benzene rings is 1. The Kier molecular flexibility index (Phi) is 9.34. The molecule has 0 aliphatic heterocycles. The first kappa shape index (κ1) is 23.6. The van der Waals surface area contributed by atoms with Gasteiger partial charge in [-0.3, -0.25) is 9.36 Å². The summed E-state index contributed by atoms with van der Waals surface area (Å²) in [7, 11) is -4.40. The molecule has 0 saturated heterocycles. The predicted molar refractivity (Wildman–Crippen MR) is 111 cm³/mol. The van der Waals surface area contributed by atoms with Gasteiger partial charge in [0.05, 0.1) is 6.16 Å². The molecule has 7 nitrogen and oxygen atoms in total. The number of aryl methyl sites for hydroxylation is 1. The van der Waals surface area contributed by atoms with Crippen molar-refractivity contribution in [1.82, 2.24) is 5.32 Å². The number of nitrogens with one attached hydrogen (secondary N) is 1. The molecule has 1 aliphatic rings. The molecule has 8 heteroatoms. The standard InChI is InChI=1S/C21H32NO6P/c23-20(22-19(21(24)25)14-17-10-5-2-6-11-17)18(15-29(26,27)28)13-7-12-16-8-3-1-4-9-16/h1,3-4,8-9,17-19H,2,5-7,10-15H2,(H,22,23)(H,24,25)(H2,26,27,28)/t18?,19-/m0/s1. The van der Waals surface area contributed by atoms with Crippen molar-refractivity contribution < 1.29 is 29.0 Å². The highest BCUT2D eigenvalue weighted by molar-refractivity contribution is 7.51. The van der Waals surface area contributed by atoms with Crippen molar-refractivity contribution in [3.8, 4) is 0 Å². The quantitative estimate of drug-likeness (QED) is 0.403. The number of carbonyl (C=O) groups is 2. The van der Waals surface area contributed by atoms with Gasteiger partial charge in [0, 0.05) is 5.92 Å². The van der Waals surface area contributed by atoms with Gasteiger partial charge in [0.2, 0.25) is 5.91 Å². The smallest absolute Gasteiger partial charge is 0.326 e. The highest BCUT2D eigenvalue weighted by Gasteiger charge is 2.31. The van der Waals surface area contributed by atoms with Crippen LogP contribution in [0.3, 0.4) is 0 Å². The average molecular weight is 425 g/mol. The van der Waals surface area contributed by atoms with E-state index in [1.807, 2.05) is 30.3 Å². The summed E-state index contributed by atoms with van der Waals surface area (Å²) in [5.74, 6) is -2.32. The van der Waals surface area contributed by atoms with Gasteiger partial charge >= 0.3 is 13.6 Å². The van der Waals surface area contributed by atoms with Crippen LogP contribution < -0.4 is 5.32 Å². The number of aliphatic carboxylic acids is 1. The normalized spacial score (nSPS) is 17.4. The number of rotatable bonds is 11. The number of hydrogen-bond acceptors (Lipinski definition) is 3. The molecule has 1 aromatic carbocycles. The Morgan fingerprint density at radius 2 is 1.76 bits per heavy atom. The van der Waals surface area contributed by atoms with E-state index in [0.29, 0.717) is 25.7 Å². The maximum absolute atomic E-state index is 12.7. The number of carboxylic acid groups (broad SMARTS) is 1. The molecular weight excluding hydrogens is 393 g/mol. The lowest BCUT2D eigenvalue weighted by Gasteiger charge is -2.26. The fourth-order valence-corrected chi connectivity index (χ4v) is 4.98. The van der Waals surface area contributed by atoms with Gasteiger partial charge in [0.15, 0.2) is 0 Å². The summed E-state index contributed by atoms with van der Waals surface area (Å²) in [5, 5.41) is 12.1. The summed E-state index contributed by atoms with van der Waals surface area (Å²) in [6.07, 6.45) is 6.60. The molecule has 1 fully saturated rings. The number of carbonyl (C=O) groups excluding carboxylic acids is 1. The fraction of sp³-hybridized carbons (Fsp3) is 0.619. The Morgan fingerprint density at radius 1 is 1.10 bits per heavy atom. The molecule has 1 saturated carbocycles. The van der Waals surface area contributed by atoms with Crippen LogP contribution in [-0.2, 0) is 20.6 Å². The van der Waals surface area contributed by atoms with Crippen LogP contribution in [0.1, 0.15) is 56.9 Å². The minimum atomic E-state index is -4.40. The van der Waals surface area contributed by atoms with Crippen molar-refractivity contribution in [3.63, 3.8) is 0 Å². The third-order valence-corrected chi connectivity index (χ3v) is 6.51. The Hall–Kier alpha value is -1.69. The van der Waals surface area contributed by atoms with Gasteiger partial charge in [-0.05, 0) is 37.2 Å². The fourth-order valence-electron chi connectivity index (χ4n) is 4.06. The summed E-state index contributed by atoms with van der Waals surface area (Å²) in [6.45, 7) is 0. The maximum Gasteiger partial charge on any atom is 0.326 e. The first-order chi connectivity index (χ1) is 13.7. The molecule has 1 amide bonds. The topological polar surface area (TPSA) is 124 Å². The lowest BCUT2D eigenvalue weighted by Crippen LogP contribution is -2.45. The van der Waals surface area contributed by atoms with E-state index in [1.165, 1.54) is 0 Å². The van der Waals surface area contributed by atoms with Crippen LogP contribution in [0.4, 0.5) is 0 Å². The zero-order valence-corrected chi connectivity index (χ0v) is 17.6. The highest BCUT2D eigenvalue weighted by Crippen LogP contribution is 2.38. The predicted octanol–water partition coefficient (Wildman–Crippen LogP) is 3.34. The molecule has 0 spiro atoms. The third-order valence-electron chi connectivity index (χ3n) is 5.60. The zero-order valence-electron chi connectivity index (χ0n) is 16.7. The van der Waals surface area contributed by atoms with E-state index < -0.39 is 37.6 Å². The molecule has 2 atom stereocenters. The second-order valence-corrected chi connectivity index (χ2v) is 9.76. The Balaban J connectivity index is 1.96. The van der Waals surface area contributed by atoms with E-state index in [-0.39, 0.29) is 5.92 Å². The van der Waals surface area contributed by atoms with E-state index >= 15 is 0 Å². The maximum atomic E-state index is 12.7. The molecule has 2 rings (SSSR count). The molecule has 1 unspecified atom stereocenters. The van der Waals surface area contributed by atoms with Crippen LogP contribution in [0, 0.1) is 11.8 Å². The monoisotopic (exact) mass is 425 g/mol. The lowest BCUT2D eigenvalue weighted by molar-refractivity contribution is -0.143. The first-order valence-corrected chi connectivity index (χ1v) is 12.2. The third kappa shape index (κ3) is 9.11.